The normalized spacial score (nSPS) is 10.5. The number of carbonyl (C=O) groups excluding carboxylic acids is 2. The summed E-state index contributed by atoms with van der Waals surface area (Å²) in [5.41, 5.74) is 0.688. The van der Waals surface area contributed by atoms with Gasteiger partial charge in [-0.15, -0.1) is 0 Å². The second-order valence-electron chi connectivity index (χ2n) is 5.25. The zero-order valence-corrected chi connectivity index (χ0v) is 15.3. The number of hydrogen-bond donors (Lipinski definition) is 1. The van der Waals surface area contributed by atoms with E-state index in [9.17, 15) is 9.59 Å². The maximum absolute atomic E-state index is 11.9. The van der Waals surface area contributed by atoms with E-state index in [-0.39, 0.29) is 6.54 Å². The Bertz CT molecular complexity index is 797. The molecule has 0 aliphatic rings. The third-order valence-corrected chi connectivity index (χ3v) is 3.53. The summed E-state index contributed by atoms with van der Waals surface area (Å²) in [6.07, 6.45) is 4.12. The molecule has 144 valence electrons. The molecule has 8 nitrogen and oxygen atoms in total. The van der Waals surface area contributed by atoms with Crippen molar-refractivity contribution in [1.82, 2.24) is 5.32 Å². The summed E-state index contributed by atoms with van der Waals surface area (Å²) < 4.78 is 25.7. The van der Waals surface area contributed by atoms with Crippen molar-refractivity contribution in [2.24, 2.45) is 0 Å². The molecule has 0 spiro atoms. The van der Waals surface area contributed by atoms with Gasteiger partial charge >= 0.3 is 5.97 Å². The van der Waals surface area contributed by atoms with Crippen LogP contribution in [0.1, 0.15) is 11.3 Å². The minimum absolute atomic E-state index is 0.169. The Morgan fingerprint density at radius 2 is 1.78 bits per heavy atom. The smallest absolute Gasteiger partial charge is 0.331 e. The van der Waals surface area contributed by atoms with Crippen LogP contribution in [-0.2, 0) is 20.9 Å². The highest BCUT2D eigenvalue weighted by Crippen LogP contribution is 2.34. The Hall–Kier alpha value is -3.42. The first-order chi connectivity index (χ1) is 13.1. The molecule has 2 rings (SSSR count). The molecule has 0 radical (unpaired) electrons. The molecule has 0 saturated carbocycles. The maximum atomic E-state index is 11.9. The summed E-state index contributed by atoms with van der Waals surface area (Å²) in [6.45, 7) is -0.237. The molecule has 0 bridgehead atoms. The third-order valence-electron chi connectivity index (χ3n) is 3.53. The highest BCUT2D eigenvalue weighted by atomic mass is 16.5. The van der Waals surface area contributed by atoms with E-state index in [2.05, 4.69) is 5.32 Å². The first-order valence-electron chi connectivity index (χ1n) is 8.01. The number of amides is 1. The van der Waals surface area contributed by atoms with Crippen molar-refractivity contribution in [2.45, 2.75) is 6.54 Å². The molecule has 2 aromatic rings. The first-order valence-corrected chi connectivity index (χ1v) is 8.01. The second kappa shape index (κ2) is 9.91. The Kier molecular flexibility index (Phi) is 7.30. The molecular formula is C19H21NO7. The van der Waals surface area contributed by atoms with Gasteiger partial charge in [0.2, 0.25) is 0 Å². The molecule has 8 heteroatoms. The Balaban J connectivity index is 1.87. The lowest BCUT2D eigenvalue weighted by molar-refractivity contribution is -0.143. The topological polar surface area (TPSA) is 96.2 Å². The van der Waals surface area contributed by atoms with Crippen molar-refractivity contribution in [3.63, 3.8) is 0 Å². The lowest BCUT2D eigenvalue weighted by atomic mass is 10.1. The van der Waals surface area contributed by atoms with Crippen molar-refractivity contribution >= 4 is 18.0 Å². The van der Waals surface area contributed by atoms with E-state index in [4.69, 9.17) is 23.4 Å². The van der Waals surface area contributed by atoms with Crippen LogP contribution in [0.4, 0.5) is 0 Å². The number of nitrogens with one attached hydrogen (secondary N) is 1. The van der Waals surface area contributed by atoms with Gasteiger partial charge in [-0.05, 0) is 24.3 Å². The van der Waals surface area contributed by atoms with E-state index >= 15 is 0 Å². The molecule has 1 aromatic heterocycles. The van der Waals surface area contributed by atoms with Crippen LogP contribution in [0.15, 0.2) is 41.0 Å². The van der Waals surface area contributed by atoms with Crippen LogP contribution in [0.25, 0.3) is 6.08 Å². The minimum atomic E-state index is -0.648. The molecule has 1 N–H and O–H groups in total. The summed E-state index contributed by atoms with van der Waals surface area (Å²) in [5, 5.41) is 2.65. The average molecular weight is 375 g/mol. The molecule has 0 aliphatic carbocycles. The lowest BCUT2D eigenvalue weighted by Crippen LogP contribution is -2.28. The van der Waals surface area contributed by atoms with Gasteiger partial charge in [-0.1, -0.05) is 0 Å². The van der Waals surface area contributed by atoms with Gasteiger partial charge in [0, 0.05) is 24.3 Å². The third kappa shape index (κ3) is 5.81. The molecule has 1 heterocycles. The quantitative estimate of drug-likeness (QED) is 0.530. The van der Waals surface area contributed by atoms with Gasteiger partial charge in [-0.25, -0.2) is 4.79 Å². The van der Waals surface area contributed by atoms with Gasteiger partial charge in [-0.3, -0.25) is 4.79 Å². The first kappa shape index (κ1) is 19.9. The van der Waals surface area contributed by atoms with Crippen LogP contribution in [0.2, 0.25) is 0 Å². The number of benzene rings is 1. The molecular weight excluding hydrogens is 354 g/mol. The van der Waals surface area contributed by atoms with Crippen molar-refractivity contribution in [3.8, 4) is 17.2 Å². The van der Waals surface area contributed by atoms with Gasteiger partial charge < -0.3 is 28.7 Å². The van der Waals surface area contributed by atoms with Gasteiger partial charge in [0.25, 0.3) is 5.91 Å². The van der Waals surface area contributed by atoms with Crippen LogP contribution in [0, 0.1) is 0 Å². The Morgan fingerprint density at radius 1 is 1.07 bits per heavy atom. The highest BCUT2D eigenvalue weighted by molar-refractivity contribution is 5.88. The molecule has 1 aromatic carbocycles. The molecule has 0 unspecified atom stereocenters. The van der Waals surface area contributed by atoms with Crippen molar-refractivity contribution in [2.75, 3.05) is 27.9 Å². The summed E-state index contributed by atoms with van der Waals surface area (Å²) in [5.74, 6) is 0.971. The average Bonchev–Trinajstić information content (AvgIpc) is 3.21. The number of ether oxygens (including phenoxy) is 4. The Labute approximate surface area is 156 Å². The van der Waals surface area contributed by atoms with Crippen LogP contribution in [0.3, 0.4) is 0 Å². The highest BCUT2D eigenvalue weighted by Gasteiger charge is 2.13. The lowest BCUT2D eigenvalue weighted by Gasteiger charge is -2.14. The maximum Gasteiger partial charge on any atom is 0.331 e. The largest absolute Gasteiger partial charge is 0.496 e. The zero-order chi connectivity index (χ0) is 19.6. The summed E-state index contributed by atoms with van der Waals surface area (Å²) in [7, 11) is 4.55. The molecule has 1 amide bonds. The predicted molar refractivity (Wildman–Crippen MR) is 96.6 cm³/mol. The number of rotatable bonds is 9. The van der Waals surface area contributed by atoms with Crippen LogP contribution in [0.5, 0.6) is 17.2 Å². The van der Waals surface area contributed by atoms with Gasteiger partial charge in [0.05, 0.1) is 27.6 Å². The SMILES string of the molecule is COc1cc(OC)c(OC)cc1CNC(=O)COC(=O)/C=C/c1ccco1. The molecule has 0 fully saturated rings. The fraction of sp³-hybridized carbons (Fsp3) is 0.263. The van der Waals surface area contributed by atoms with E-state index in [1.54, 1.807) is 24.3 Å². The number of esters is 1. The fourth-order valence-electron chi connectivity index (χ4n) is 2.20. The van der Waals surface area contributed by atoms with E-state index in [1.807, 2.05) is 0 Å². The molecule has 27 heavy (non-hydrogen) atoms. The van der Waals surface area contributed by atoms with Crippen molar-refractivity contribution < 1.29 is 33.0 Å². The van der Waals surface area contributed by atoms with Crippen LogP contribution >= 0.6 is 0 Å². The van der Waals surface area contributed by atoms with E-state index < -0.39 is 18.5 Å². The van der Waals surface area contributed by atoms with Crippen LogP contribution in [-0.4, -0.2) is 39.8 Å². The van der Waals surface area contributed by atoms with Crippen molar-refractivity contribution in [1.29, 1.82) is 0 Å². The monoisotopic (exact) mass is 375 g/mol. The Morgan fingerprint density at radius 3 is 2.41 bits per heavy atom. The number of methoxy groups -OCH3 is 3. The molecule has 0 saturated heterocycles. The number of carbonyl (C=O) groups is 2. The fourth-order valence-corrected chi connectivity index (χ4v) is 2.20. The molecule has 0 atom stereocenters. The van der Waals surface area contributed by atoms with Gasteiger partial charge in [0.1, 0.15) is 11.5 Å². The number of hydrogen-bond acceptors (Lipinski definition) is 7. The summed E-state index contributed by atoms with van der Waals surface area (Å²) in [4.78, 5) is 23.5. The summed E-state index contributed by atoms with van der Waals surface area (Å²) >= 11 is 0. The second-order valence-corrected chi connectivity index (χ2v) is 5.25. The van der Waals surface area contributed by atoms with E-state index in [1.165, 1.54) is 39.7 Å². The van der Waals surface area contributed by atoms with Crippen molar-refractivity contribution in [3.05, 3.63) is 47.9 Å². The van der Waals surface area contributed by atoms with E-state index in [0.29, 0.717) is 28.6 Å². The number of furan rings is 1. The predicted octanol–water partition coefficient (Wildman–Crippen LogP) is 2.18. The standard InChI is InChI=1S/C19H21NO7/c1-23-15-10-17(25-3)16(24-2)9-13(15)11-20-18(21)12-27-19(22)7-6-14-5-4-8-26-14/h4-10H,11-12H2,1-3H3,(H,20,21)/b7-6+. The van der Waals surface area contributed by atoms with Gasteiger partial charge in [0.15, 0.2) is 18.1 Å². The zero-order valence-electron chi connectivity index (χ0n) is 15.3. The van der Waals surface area contributed by atoms with Gasteiger partial charge in [-0.2, -0.15) is 0 Å². The van der Waals surface area contributed by atoms with E-state index in [0.717, 1.165) is 0 Å². The molecule has 0 aliphatic heterocycles. The summed E-state index contributed by atoms with van der Waals surface area (Å²) in [6, 6.07) is 6.75. The van der Waals surface area contributed by atoms with Crippen LogP contribution < -0.4 is 19.5 Å². The minimum Gasteiger partial charge on any atom is -0.496 e.